The van der Waals surface area contributed by atoms with E-state index in [4.69, 9.17) is 17.6 Å². The Bertz CT molecular complexity index is 1740. The van der Waals surface area contributed by atoms with E-state index in [0.717, 1.165) is 11.1 Å². The zero-order valence-corrected chi connectivity index (χ0v) is 28.2. The third-order valence-electron chi connectivity index (χ3n) is 4.97. The molecule has 2 aromatic carbocycles. The second-order valence-electron chi connectivity index (χ2n) is 9.14. The van der Waals surface area contributed by atoms with E-state index >= 15 is 0 Å². The molecule has 0 unspecified atom stereocenters. The lowest BCUT2D eigenvalue weighted by Crippen LogP contribution is -2.12. The SMILES string of the molecule is C#CC(=O)OC(=O)C#C.C#CCC(=O)OC(=O)CC#C.C=C(C)C(=O)OC(=O)C(=C)C.C=Cc1ccc(C(=O)OC(=O)c2ccc(C=C)cc2)cc1. The summed E-state index contributed by atoms with van der Waals surface area (Å²) in [4.78, 5) is 86.0. The van der Waals surface area contributed by atoms with Gasteiger partial charge < -0.3 is 18.9 Å². The van der Waals surface area contributed by atoms with E-state index in [0.29, 0.717) is 11.1 Å². The molecule has 0 aliphatic heterocycles. The van der Waals surface area contributed by atoms with Crippen molar-refractivity contribution in [3.8, 4) is 49.4 Å². The van der Waals surface area contributed by atoms with Crippen LogP contribution in [-0.4, -0.2) is 47.8 Å². The molecular weight excluding hydrogens is 672 g/mol. The number of terminal acetylenes is 4. The fraction of sp³-hybridized carbons (Fsp3) is 0.100. The van der Waals surface area contributed by atoms with Gasteiger partial charge in [0.25, 0.3) is 0 Å². The number of carbonyl (C=O) groups excluding carboxylic acids is 8. The second kappa shape index (κ2) is 26.2. The highest BCUT2D eigenvalue weighted by Gasteiger charge is 2.15. The van der Waals surface area contributed by atoms with Crippen molar-refractivity contribution in [3.63, 3.8) is 0 Å². The molecule has 2 aromatic rings. The average molecular weight is 705 g/mol. The maximum Gasteiger partial charge on any atom is 0.392 e. The summed E-state index contributed by atoms with van der Waals surface area (Å²) < 4.78 is 17.1. The van der Waals surface area contributed by atoms with Gasteiger partial charge in [-0.25, -0.2) is 28.8 Å². The predicted molar refractivity (Wildman–Crippen MR) is 190 cm³/mol. The minimum absolute atomic E-state index is 0.194. The number of esters is 8. The van der Waals surface area contributed by atoms with Crippen molar-refractivity contribution in [2.45, 2.75) is 26.7 Å². The topological polar surface area (TPSA) is 173 Å². The van der Waals surface area contributed by atoms with E-state index in [1.807, 2.05) is 11.8 Å². The van der Waals surface area contributed by atoms with Crippen LogP contribution in [0.5, 0.6) is 0 Å². The Labute approximate surface area is 301 Å². The predicted octanol–water partition coefficient (Wildman–Crippen LogP) is 4.60. The minimum atomic E-state index is -1.07. The molecule has 2 rings (SSSR count). The molecule has 264 valence electrons. The minimum Gasteiger partial charge on any atom is -0.392 e. The normalized spacial score (nSPS) is 8.42. The van der Waals surface area contributed by atoms with Gasteiger partial charge in [0.2, 0.25) is 0 Å². The van der Waals surface area contributed by atoms with Gasteiger partial charge in [-0.05, 0) is 49.2 Å². The molecule has 0 aliphatic carbocycles. The summed E-state index contributed by atoms with van der Waals surface area (Å²) in [5, 5.41) is 0. The third-order valence-corrected chi connectivity index (χ3v) is 4.97. The van der Waals surface area contributed by atoms with Gasteiger partial charge in [0.15, 0.2) is 0 Å². The van der Waals surface area contributed by atoms with Crippen LogP contribution in [-0.2, 0) is 47.7 Å². The molecule has 0 spiro atoms. The van der Waals surface area contributed by atoms with Gasteiger partial charge in [-0.15, -0.1) is 25.7 Å². The first-order valence-electron chi connectivity index (χ1n) is 14.1. The number of hydrogen-bond donors (Lipinski definition) is 0. The number of benzene rings is 2. The molecule has 12 heteroatoms. The van der Waals surface area contributed by atoms with E-state index in [1.54, 1.807) is 72.5 Å². The maximum absolute atomic E-state index is 11.9. The van der Waals surface area contributed by atoms with Crippen molar-refractivity contribution in [1.82, 2.24) is 0 Å². The summed E-state index contributed by atoms with van der Waals surface area (Å²) in [6.07, 6.45) is 21.5. The van der Waals surface area contributed by atoms with Crippen LogP contribution in [0.4, 0.5) is 0 Å². The van der Waals surface area contributed by atoms with Crippen molar-refractivity contribution in [3.05, 3.63) is 108 Å². The lowest BCUT2D eigenvalue weighted by atomic mass is 10.1. The van der Waals surface area contributed by atoms with Gasteiger partial charge in [0.1, 0.15) is 12.8 Å². The number of ether oxygens (including phenoxy) is 4. The molecule has 0 N–H and O–H groups in total. The van der Waals surface area contributed by atoms with Gasteiger partial charge in [0, 0.05) is 23.0 Å². The molecule has 0 amide bonds. The summed E-state index contributed by atoms with van der Waals surface area (Å²) in [6.45, 7) is 16.8. The lowest BCUT2D eigenvalue weighted by Gasteiger charge is -2.04. The first kappa shape index (κ1) is 46.3. The van der Waals surface area contributed by atoms with Gasteiger partial charge in [-0.3, -0.25) is 9.59 Å². The Morgan fingerprint density at radius 1 is 0.558 bits per heavy atom. The van der Waals surface area contributed by atoms with Crippen LogP contribution >= 0.6 is 0 Å². The van der Waals surface area contributed by atoms with Crippen LogP contribution in [0.25, 0.3) is 12.2 Å². The molecule has 0 aliphatic rings. The Balaban J connectivity index is 0. The molecular formula is C40H32O12. The van der Waals surface area contributed by atoms with E-state index in [2.05, 4.69) is 53.4 Å². The summed E-state index contributed by atoms with van der Waals surface area (Å²) in [5.41, 5.74) is 2.79. The highest BCUT2D eigenvalue weighted by atomic mass is 16.6. The smallest absolute Gasteiger partial charge is 0.392 e. The Hall–Kier alpha value is -7.80. The van der Waals surface area contributed by atoms with Gasteiger partial charge in [0.05, 0.1) is 11.1 Å². The Morgan fingerprint density at radius 2 is 0.885 bits per heavy atom. The highest BCUT2D eigenvalue weighted by Crippen LogP contribution is 2.11. The third kappa shape index (κ3) is 21.1. The Morgan fingerprint density at radius 3 is 1.13 bits per heavy atom. The Kier molecular flexibility index (Phi) is 23.3. The van der Waals surface area contributed by atoms with E-state index in [-0.39, 0.29) is 24.0 Å². The second-order valence-corrected chi connectivity index (χ2v) is 9.14. The molecule has 0 saturated carbocycles. The van der Waals surface area contributed by atoms with Crippen LogP contribution < -0.4 is 0 Å². The highest BCUT2D eigenvalue weighted by molar-refractivity contribution is 6.03. The van der Waals surface area contributed by atoms with E-state index < -0.39 is 47.8 Å². The largest absolute Gasteiger partial charge is 0.392 e. The van der Waals surface area contributed by atoms with Crippen molar-refractivity contribution < 1.29 is 57.3 Å². The van der Waals surface area contributed by atoms with Crippen molar-refractivity contribution >= 4 is 59.9 Å². The molecule has 0 radical (unpaired) electrons. The van der Waals surface area contributed by atoms with Crippen molar-refractivity contribution in [2.24, 2.45) is 0 Å². The molecule has 0 aromatic heterocycles. The van der Waals surface area contributed by atoms with Gasteiger partial charge in [-0.1, -0.05) is 74.6 Å². The van der Waals surface area contributed by atoms with Crippen LogP contribution in [0, 0.1) is 49.4 Å². The van der Waals surface area contributed by atoms with Crippen LogP contribution in [0.1, 0.15) is 58.5 Å². The monoisotopic (exact) mass is 704 g/mol. The molecule has 0 atom stereocenters. The summed E-state index contributed by atoms with van der Waals surface area (Å²) in [6, 6.07) is 13.3. The quantitative estimate of drug-likeness (QED) is 0.0935. The number of hydrogen-bond acceptors (Lipinski definition) is 12. The first-order chi connectivity index (χ1) is 24.5. The average Bonchev–Trinajstić information content (AvgIpc) is 3.12. The molecule has 52 heavy (non-hydrogen) atoms. The zero-order chi connectivity index (χ0) is 40.2. The van der Waals surface area contributed by atoms with E-state index in [1.165, 1.54) is 13.8 Å². The molecule has 0 bridgehead atoms. The van der Waals surface area contributed by atoms with Gasteiger partial charge in [-0.2, -0.15) is 0 Å². The number of rotatable bonds is 8. The first-order valence-corrected chi connectivity index (χ1v) is 14.1. The van der Waals surface area contributed by atoms with Gasteiger partial charge >= 0.3 is 47.8 Å². The number of carbonyl (C=O) groups is 8. The summed E-state index contributed by atoms with van der Waals surface area (Å²) in [7, 11) is 0. The molecule has 0 saturated heterocycles. The summed E-state index contributed by atoms with van der Waals surface area (Å²) in [5.74, 6) is 0.775. The summed E-state index contributed by atoms with van der Waals surface area (Å²) >= 11 is 0. The molecule has 0 fully saturated rings. The van der Waals surface area contributed by atoms with Crippen molar-refractivity contribution in [1.29, 1.82) is 0 Å². The van der Waals surface area contributed by atoms with Crippen molar-refractivity contribution in [2.75, 3.05) is 0 Å². The lowest BCUT2D eigenvalue weighted by molar-refractivity contribution is -0.158. The van der Waals surface area contributed by atoms with Crippen LogP contribution in [0.3, 0.4) is 0 Å². The fourth-order valence-electron chi connectivity index (χ4n) is 2.48. The van der Waals surface area contributed by atoms with E-state index in [9.17, 15) is 38.4 Å². The maximum atomic E-state index is 11.9. The van der Waals surface area contributed by atoms with Crippen LogP contribution in [0.15, 0.2) is 86.0 Å². The zero-order valence-electron chi connectivity index (χ0n) is 28.2. The van der Waals surface area contributed by atoms with Crippen LogP contribution in [0.2, 0.25) is 0 Å². The fourth-order valence-corrected chi connectivity index (χ4v) is 2.48. The molecule has 0 heterocycles. The standard InChI is InChI=1S/C18H14O3.C8H10O3.C8H6O3.C6H2O3/c1-3-13-5-9-15(10-6-13)17(19)21-18(20)16-11-7-14(4-2)8-12-16;1-5(2)7(9)11-8(10)6(3)4;1-3-5-7(9)11-8(10)6-4-2;1-3-5(7)9-6(8)4-2/h3-12H,1-2H2;1,3H2,2,4H3;1-2H,5-6H2;1-2H. The molecule has 12 nitrogen and oxygen atoms in total.